The number of nitrogens with one attached hydrogen (secondary N) is 2. The van der Waals surface area contributed by atoms with Crippen LogP contribution in [0.3, 0.4) is 0 Å². The highest BCUT2D eigenvalue weighted by Gasteiger charge is 2.20. The minimum atomic E-state index is -3.74. The lowest BCUT2D eigenvalue weighted by atomic mass is 9.99. The number of halogens is 1. The molecule has 1 heterocycles. The third-order valence-electron chi connectivity index (χ3n) is 2.88. The van der Waals surface area contributed by atoms with Gasteiger partial charge in [-0.15, -0.1) is 0 Å². The van der Waals surface area contributed by atoms with Crippen LogP contribution in [0.4, 0.5) is 5.69 Å². The number of amides is 1. The fourth-order valence-corrected chi connectivity index (χ4v) is 2.90. The number of carbonyl (C=O) groups is 1. The Morgan fingerprint density at radius 3 is 2.63 bits per heavy atom. The second-order valence-corrected chi connectivity index (χ2v) is 6.88. The van der Waals surface area contributed by atoms with Gasteiger partial charge in [0, 0.05) is 10.9 Å². The molecule has 1 fully saturated rings. The molecule has 19 heavy (non-hydrogen) atoms. The predicted octanol–water partition coefficient (Wildman–Crippen LogP) is 0.645. The quantitative estimate of drug-likeness (QED) is 0.743. The second kappa shape index (κ2) is 5.58. The summed E-state index contributed by atoms with van der Waals surface area (Å²) < 4.78 is 22.8. The van der Waals surface area contributed by atoms with Gasteiger partial charge in [-0.25, -0.2) is 13.6 Å². The van der Waals surface area contributed by atoms with Gasteiger partial charge in [0.15, 0.2) is 0 Å². The molecule has 104 valence electrons. The van der Waals surface area contributed by atoms with Gasteiger partial charge in [-0.05, 0) is 53.1 Å². The van der Waals surface area contributed by atoms with Gasteiger partial charge in [-0.3, -0.25) is 4.79 Å². The molecule has 0 spiro atoms. The van der Waals surface area contributed by atoms with Crippen molar-refractivity contribution >= 4 is 37.5 Å². The zero-order chi connectivity index (χ0) is 14.0. The van der Waals surface area contributed by atoms with E-state index in [1.54, 1.807) is 0 Å². The SMILES string of the molecule is NS(=O)(=O)c1ccc(NC(=O)CC2CNC2)c(Br)c1. The Bertz CT molecular complexity index is 599. The van der Waals surface area contributed by atoms with Crippen LogP contribution in [-0.2, 0) is 14.8 Å². The molecular weight excluding hydrogens is 334 g/mol. The number of sulfonamides is 1. The molecule has 0 bridgehead atoms. The Morgan fingerprint density at radius 2 is 2.16 bits per heavy atom. The third kappa shape index (κ3) is 3.75. The zero-order valence-electron chi connectivity index (χ0n) is 10.0. The lowest BCUT2D eigenvalue weighted by molar-refractivity contribution is -0.117. The molecule has 1 aliphatic rings. The molecule has 6 nitrogen and oxygen atoms in total. The maximum absolute atomic E-state index is 11.7. The number of hydrogen-bond donors (Lipinski definition) is 3. The molecule has 1 aliphatic heterocycles. The lowest BCUT2D eigenvalue weighted by Gasteiger charge is -2.26. The van der Waals surface area contributed by atoms with Crippen LogP contribution in [0, 0.1) is 5.92 Å². The normalized spacial score (nSPS) is 15.9. The first-order valence-electron chi connectivity index (χ1n) is 5.69. The van der Waals surface area contributed by atoms with Gasteiger partial charge in [0.2, 0.25) is 15.9 Å². The van der Waals surface area contributed by atoms with Gasteiger partial charge in [-0.1, -0.05) is 0 Å². The van der Waals surface area contributed by atoms with Crippen LogP contribution in [0.1, 0.15) is 6.42 Å². The molecule has 8 heteroatoms. The fraction of sp³-hybridized carbons (Fsp3) is 0.364. The Balaban J connectivity index is 2.06. The van der Waals surface area contributed by atoms with E-state index >= 15 is 0 Å². The summed E-state index contributed by atoms with van der Waals surface area (Å²) in [6, 6.07) is 4.25. The van der Waals surface area contributed by atoms with Crippen molar-refractivity contribution < 1.29 is 13.2 Å². The number of hydrogen-bond acceptors (Lipinski definition) is 4. The van der Waals surface area contributed by atoms with Crippen LogP contribution in [0.15, 0.2) is 27.6 Å². The first-order valence-corrected chi connectivity index (χ1v) is 8.03. The van der Waals surface area contributed by atoms with Crippen LogP contribution >= 0.6 is 15.9 Å². The summed E-state index contributed by atoms with van der Waals surface area (Å²) >= 11 is 3.22. The van der Waals surface area contributed by atoms with E-state index in [1.165, 1.54) is 18.2 Å². The van der Waals surface area contributed by atoms with Crippen LogP contribution in [0.25, 0.3) is 0 Å². The molecular formula is C11H14BrN3O3S. The van der Waals surface area contributed by atoms with Gasteiger partial charge in [0.25, 0.3) is 0 Å². The summed E-state index contributed by atoms with van der Waals surface area (Å²) in [6.07, 6.45) is 0.455. The average molecular weight is 348 g/mol. The van der Waals surface area contributed by atoms with Crippen molar-refractivity contribution in [1.82, 2.24) is 5.32 Å². The smallest absolute Gasteiger partial charge is 0.238 e. The third-order valence-corrected chi connectivity index (χ3v) is 4.45. The van der Waals surface area contributed by atoms with E-state index in [9.17, 15) is 13.2 Å². The topological polar surface area (TPSA) is 101 Å². The van der Waals surface area contributed by atoms with Gasteiger partial charge in [-0.2, -0.15) is 0 Å². The minimum Gasteiger partial charge on any atom is -0.325 e. The predicted molar refractivity (Wildman–Crippen MR) is 75.1 cm³/mol. The van der Waals surface area contributed by atoms with E-state index in [4.69, 9.17) is 5.14 Å². The summed E-state index contributed by atoms with van der Waals surface area (Å²) in [5.41, 5.74) is 0.532. The summed E-state index contributed by atoms with van der Waals surface area (Å²) in [5.74, 6) is 0.290. The highest BCUT2D eigenvalue weighted by molar-refractivity contribution is 9.10. The van der Waals surface area contributed by atoms with Crippen LogP contribution < -0.4 is 15.8 Å². The van der Waals surface area contributed by atoms with Crippen molar-refractivity contribution in [2.75, 3.05) is 18.4 Å². The van der Waals surface area contributed by atoms with Crippen molar-refractivity contribution in [3.05, 3.63) is 22.7 Å². The molecule has 0 aromatic heterocycles. The van der Waals surface area contributed by atoms with Crippen molar-refractivity contribution in [1.29, 1.82) is 0 Å². The van der Waals surface area contributed by atoms with E-state index in [0.29, 0.717) is 22.5 Å². The molecule has 0 aliphatic carbocycles. The van der Waals surface area contributed by atoms with E-state index in [0.717, 1.165) is 13.1 Å². The number of rotatable bonds is 4. The van der Waals surface area contributed by atoms with Gasteiger partial charge in [0.1, 0.15) is 0 Å². The van der Waals surface area contributed by atoms with E-state index in [2.05, 4.69) is 26.6 Å². The lowest BCUT2D eigenvalue weighted by Crippen LogP contribution is -2.43. The Kier molecular flexibility index (Phi) is 4.24. The standard InChI is InChI=1S/C11H14BrN3O3S/c12-9-4-8(19(13,17)18)1-2-10(9)15-11(16)3-7-5-14-6-7/h1-2,4,7,14H,3,5-6H2,(H,15,16)(H2,13,17,18). The number of primary sulfonamides is 1. The molecule has 4 N–H and O–H groups in total. The number of anilines is 1. The van der Waals surface area contributed by atoms with Gasteiger partial charge >= 0.3 is 0 Å². The Hall–Kier alpha value is -0.960. The van der Waals surface area contributed by atoms with Crippen molar-refractivity contribution in [2.45, 2.75) is 11.3 Å². The second-order valence-electron chi connectivity index (χ2n) is 4.46. The largest absolute Gasteiger partial charge is 0.325 e. The minimum absolute atomic E-state index is 0.000525. The first kappa shape index (κ1) is 14.4. The van der Waals surface area contributed by atoms with Crippen LogP contribution in [0.2, 0.25) is 0 Å². The maximum Gasteiger partial charge on any atom is 0.238 e. The van der Waals surface area contributed by atoms with Crippen LogP contribution in [0.5, 0.6) is 0 Å². The summed E-state index contributed by atoms with van der Waals surface area (Å²) in [6.45, 7) is 1.72. The molecule has 1 aromatic carbocycles. The first-order chi connectivity index (χ1) is 8.86. The highest BCUT2D eigenvalue weighted by Crippen LogP contribution is 2.25. The van der Waals surface area contributed by atoms with Crippen LogP contribution in [-0.4, -0.2) is 27.4 Å². The molecule has 2 rings (SSSR count). The Morgan fingerprint density at radius 1 is 1.47 bits per heavy atom. The van der Waals surface area contributed by atoms with Gasteiger partial charge in [0.05, 0.1) is 10.6 Å². The molecule has 0 atom stereocenters. The van der Waals surface area contributed by atoms with Crippen molar-refractivity contribution in [3.8, 4) is 0 Å². The fourth-order valence-electron chi connectivity index (χ4n) is 1.73. The summed E-state index contributed by atoms with van der Waals surface area (Å²) in [7, 11) is -3.74. The molecule has 0 unspecified atom stereocenters. The van der Waals surface area contributed by atoms with E-state index in [1.807, 2.05) is 0 Å². The molecule has 1 amide bonds. The number of nitrogens with two attached hydrogens (primary N) is 1. The maximum atomic E-state index is 11.7. The summed E-state index contributed by atoms with van der Waals surface area (Å²) in [4.78, 5) is 11.7. The van der Waals surface area contributed by atoms with E-state index < -0.39 is 10.0 Å². The number of carbonyl (C=O) groups excluding carboxylic acids is 1. The molecule has 1 aromatic rings. The number of benzene rings is 1. The van der Waals surface area contributed by atoms with Gasteiger partial charge < -0.3 is 10.6 Å². The summed E-state index contributed by atoms with van der Waals surface area (Å²) in [5, 5.41) is 10.9. The molecule has 1 saturated heterocycles. The van der Waals surface area contributed by atoms with Crippen molar-refractivity contribution in [3.63, 3.8) is 0 Å². The molecule has 0 radical (unpaired) electrons. The van der Waals surface area contributed by atoms with Crippen molar-refractivity contribution in [2.24, 2.45) is 11.1 Å². The highest BCUT2D eigenvalue weighted by atomic mass is 79.9. The zero-order valence-corrected chi connectivity index (χ0v) is 12.4. The monoisotopic (exact) mass is 347 g/mol. The molecule has 0 saturated carbocycles. The Labute approximate surface area is 119 Å². The van der Waals surface area contributed by atoms with E-state index in [-0.39, 0.29) is 10.8 Å². The average Bonchev–Trinajstić information content (AvgIpc) is 2.25.